The third kappa shape index (κ3) is 6.95. The van der Waals surface area contributed by atoms with E-state index in [1.54, 1.807) is 0 Å². The van der Waals surface area contributed by atoms with Gasteiger partial charge < -0.3 is 9.47 Å². The van der Waals surface area contributed by atoms with Crippen molar-refractivity contribution < 1.29 is 23.9 Å². The summed E-state index contributed by atoms with van der Waals surface area (Å²) in [5, 5.41) is 2.13. The zero-order valence-corrected chi connectivity index (χ0v) is 13.6. The molecule has 0 saturated carbocycles. The van der Waals surface area contributed by atoms with E-state index in [0.717, 1.165) is 25.7 Å². The first-order chi connectivity index (χ1) is 11.1. The Kier molecular flexibility index (Phi) is 8.42. The molecule has 0 aromatic heterocycles. The molecular formula is C17H23NO5. The van der Waals surface area contributed by atoms with Crippen LogP contribution in [-0.2, 0) is 9.47 Å². The van der Waals surface area contributed by atoms with Crippen LogP contribution < -0.4 is 5.32 Å². The molecule has 0 aliphatic heterocycles. The number of benzene rings is 1. The fraction of sp³-hybridized carbons (Fsp3) is 0.471. The normalized spacial score (nSPS) is 10.0. The van der Waals surface area contributed by atoms with E-state index in [0.29, 0.717) is 12.2 Å². The van der Waals surface area contributed by atoms with Crippen LogP contribution in [0.15, 0.2) is 24.3 Å². The summed E-state index contributed by atoms with van der Waals surface area (Å²) < 4.78 is 9.92. The second-order valence-electron chi connectivity index (χ2n) is 5.01. The molecule has 23 heavy (non-hydrogen) atoms. The number of nitrogens with one attached hydrogen (secondary N) is 1. The van der Waals surface area contributed by atoms with Crippen LogP contribution in [0.3, 0.4) is 0 Å². The Morgan fingerprint density at radius 2 is 1.39 bits per heavy atom. The molecular weight excluding hydrogens is 298 g/mol. The Labute approximate surface area is 136 Å². The van der Waals surface area contributed by atoms with E-state index >= 15 is 0 Å². The average Bonchev–Trinajstić information content (AvgIpc) is 2.55. The highest BCUT2D eigenvalue weighted by Crippen LogP contribution is 2.07. The number of carbonyl (C=O) groups is 3. The summed E-state index contributed by atoms with van der Waals surface area (Å²) in [5.41, 5.74) is 0.630. The predicted octanol–water partition coefficient (Wildman–Crippen LogP) is 3.31. The van der Waals surface area contributed by atoms with Crippen molar-refractivity contribution in [2.24, 2.45) is 0 Å². The van der Waals surface area contributed by atoms with Gasteiger partial charge in [0.1, 0.15) is 0 Å². The molecule has 0 radical (unpaired) electrons. The highest BCUT2D eigenvalue weighted by Gasteiger charge is 2.13. The SMILES string of the molecule is CCCCOC(=O)NC(=O)c1ccc(C(=O)OCCCC)cc1. The number of amides is 2. The van der Waals surface area contributed by atoms with Crippen LogP contribution >= 0.6 is 0 Å². The summed E-state index contributed by atoms with van der Waals surface area (Å²) in [6, 6.07) is 5.91. The molecule has 6 nitrogen and oxygen atoms in total. The molecule has 1 aromatic rings. The van der Waals surface area contributed by atoms with E-state index in [1.807, 2.05) is 13.8 Å². The van der Waals surface area contributed by atoms with Gasteiger partial charge in [-0.05, 0) is 37.1 Å². The molecule has 1 N–H and O–H groups in total. The number of rotatable bonds is 8. The number of unbranched alkanes of at least 4 members (excludes halogenated alkanes) is 2. The molecule has 126 valence electrons. The molecule has 0 fully saturated rings. The van der Waals surface area contributed by atoms with Crippen LogP contribution in [0.2, 0.25) is 0 Å². The van der Waals surface area contributed by atoms with E-state index < -0.39 is 18.0 Å². The third-order valence-electron chi connectivity index (χ3n) is 3.06. The van der Waals surface area contributed by atoms with Gasteiger partial charge in [0.05, 0.1) is 18.8 Å². The van der Waals surface area contributed by atoms with Crippen molar-refractivity contribution in [3.8, 4) is 0 Å². The number of esters is 1. The molecule has 6 heteroatoms. The van der Waals surface area contributed by atoms with Crippen LogP contribution in [-0.4, -0.2) is 31.2 Å². The standard InChI is InChI=1S/C17H23NO5/c1-3-5-11-22-16(20)14-9-7-13(8-10-14)15(19)18-17(21)23-12-6-4-2/h7-10H,3-6,11-12H2,1-2H3,(H,18,19,21). The van der Waals surface area contributed by atoms with Crippen LogP contribution in [0.25, 0.3) is 0 Å². The largest absolute Gasteiger partial charge is 0.462 e. The number of alkyl carbamates (subject to hydrolysis) is 1. The molecule has 0 unspecified atom stereocenters. The first kappa shape index (κ1) is 18.7. The lowest BCUT2D eigenvalue weighted by Crippen LogP contribution is -2.31. The Balaban J connectivity index is 2.50. The molecule has 1 rings (SSSR count). The monoisotopic (exact) mass is 321 g/mol. The highest BCUT2D eigenvalue weighted by molar-refractivity contribution is 6.03. The van der Waals surface area contributed by atoms with Gasteiger partial charge in [-0.15, -0.1) is 0 Å². The van der Waals surface area contributed by atoms with Gasteiger partial charge in [0, 0.05) is 5.56 Å². The molecule has 0 spiro atoms. The number of ether oxygens (including phenoxy) is 2. The summed E-state index contributed by atoms with van der Waals surface area (Å²) in [5.74, 6) is -0.998. The molecule has 2 amide bonds. The number of hydrogen-bond acceptors (Lipinski definition) is 5. The zero-order valence-electron chi connectivity index (χ0n) is 13.6. The smallest absolute Gasteiger partial charge is 0.414 e. The zero-order chi connectivity index (χ0) is 17.1. The second kappa shape index (κ2) is 10.4. The molecule has 1 aromatic carbocycles. The maximum absolute atomic E-state index is 11.9. The van der Waals surface area contributed by atoms with Crippen molar-refractivity contribution in [2.75, 3.05) is 13.2 Å². The molecule has 0 bridgehead atoms. The molecule has 0 aliphatic carbocycles. The minimum Gasteiger partial charge on any atom is -0.462 e. The lowest BCUT2D eigenvalue weighted by molar-refractivity contribution is 0.0499. The summed E-state index contributed by atoms with van der Waals surface area (Å²) in [6.45, 7) is 4.63. The fourth-order valence-electron chi connectivity index (χ4n) is 1.66. The number of carbonyl (C=O) groups excluding carboxylic acids is 3. The predicted molar refractivity (Wildman–Crippen MR) is 85.4 cm³/mol. The Bertz CT molecular complexity index is 524. The van der Waals surface area contributed by atoms with Crippen molar-refractivity contribution in [1.82, 2.24) is 5.32 Å². The van der Waals surface area contributed by atoms with Gasteiger partial charge in [0.25, 0.3) is 5.91 Å². The summed E-state index contributed by atoms with van der Waals surface area (Å²) in [4.78, 5) is 35.0. The number of hydrogen-bond donors (Lipinski definition) is 1. The lowest BCUT2D eigenvalue weighted by Gasteiger charge is -2.07. The van der Waals surface area contributed by atoms with E-state index in [2.05, 4.69) is 5.32 Å². The molecule has 0 saturated heterocycles. The van der Waals surface area contributed by atoms with Gasteiger partial charge in [0.15, 0.2) is 0 Å². The maximum atomic E-state index is 11.9. The average molecular weight is 321 g/mol. The molecule has 0 atom stereocenters. The van der Waals surface area contributed by atoms with E-state index in [9.17, 15) is 14.4 Å². The van der Waals surface area contributed by atoms with Gasteiger partial charge in [0.2, 0.25) is 0 Å². The number of imide groups is 1. The van der Waals surface area contributed by atoms with Crippen LogP contribution in [0, 0.1) is 0 Å². The maximum Gasteiger partial charge on any atom is 0.414 e. The summed E-state index contributed by atoms with van der Waals surface area (Å²) in [7, 11) is 0. The van der Waals surface area contributed by atoms with Gasteiger partial charge in [-0.3, -0.25) is 10.1 Å². The van der Waals surface area contributed by atoms with Gasteiger partial charge in [-0.2, -0.15) is 0 Å². The van der Waals surface area contributed by atoms with Crippen LogP contribution in [0.1, 0.15) is 60.2 Å². The molecule has 0 aliphatic rings. The third-order valence-corrected chi connectivity index (χ3v) is 3.06. The lowest BCUT2D eigenvalue weighted by atomic mass is 10.1. The Morgan fingerprint density at radius 3 is 1.96 bits per heavy atom. The van der Waals surface area contributed by atoms with E-state index in [4.69, 9.17) is 9.47 Å². The Morgan fingerprint density at radius 1 is 0.870 bits per heavy atom. The highest BCUT2D eigenvalue weighted by atomic mass is 16.5. The second-order valence-corrected chi connectivity index (χ2v) is 5.01. The van der Waals surface area contributed by atoms with E-state index in [-0.39, 0.29) is 12.2 Å². The van der Waals surface area contributed by atoms with Crippen LogP contribution in [0.4, 0.5) is 4.79 Å². The topological polar surface area (TPSA) is 81.7 Å². The summed E-state index contributed by atoms with van der Waals surface area (Å²) in [6.07, 6.45) is 2.63. The van der Waals surface area contributed by atoms with Crippen molar-refractivity contribution in [3.05, 3.63) is 35.4 Å². The fourth-order valence-corrected chi connectivity index (χ4v) is 1.66. The van der Waals surface area contributed by atoms with Gasteiger partial charge in [-0.25, -0.2) is 9.59 Å². The van der Waals surface area contributed by atoms with Gasteiger partial charge in [-0.1, -0.05) is 26.7 Å². The minimum atomic E-state index is -0.772. The van der Waals surface area contributed by atoms with Gasteiger partial charge >= 0.3 is 12.1 Å². The van der Waals surface area contributed by atoms with Crippen molar-refractivity contribution in [3.63, 3.8) is 0 Å². The quantitative estimate of drug-likeness (QED) is 0.587. The van der Waals surface area contributed by atoms with E-state index in [1.165, 1.54) is 24.3 Å². The molecule has 0 heterocycles. The summed E-state index contributed by atoms with van der Waals surface area (Å²) >= 11 is 0. The minimum absolute atomic E-state index is 0.266. The van der Waals surface area contributed by atoms with Crippen LogP contribution in [0.5, 0.6) is 0 Å². The van der Waals surface area contributed by atoms with Crippen molar-refractivity contribution in [2.45, 2.75) is 39.5 Å². The Hall–Kier alpha value is -2.37. The van der Waals surface area contributed by atoms with Crippen molar-refractivity contribution >= 4 is 18.0 Å². The van der Waals surface area contributed by atoms with Crippen molar-refractivity contribution in [1.29, 1.82) is 0 Å². The first-order valence-corrected chi connectivity index (χ1v) is 7.83. The first-order valence-electron chi connectivity index (χ1n) is 7.83.